The highest BCUT2D eigenvalue weighted by atomic mass is 79.9. The molecular weight excluding hydrogens is 525 g/mol. The number of nitrogens with one attached hydrogen (secondary N) is 1. The van der Waals surface area contributed by atoms with Crippen LogP contribution in [0.25, 0.3) is 16.9 Å². The first-order chi connectivity index (χ1) is 16.5. The van der Waals surface area contributed by atoms with Crippen molar-refractivity contribution in [2.75, 3.05) is 6.54 Å². The number of hydrogen-bond acceptors (Lipinski definition) is 4. The highest BCUT2D eigenvalue weighted by Crippen LogP contribution is 2.33. The van der Waals surface area contributed by atoms with Crippen LogP contribution in [0.1, 0.15) is 53.5 Å². The molecule has 0 saturated carbocycles. The number of halogens is 4. The topological polar surface area (TPSA) is 77.1 Å². The number of aromatic nitrogens is 5. The minimum atomic E-state index is -4.68. The van der Waals surface area contributed by atoms with E-state index in [1.165, 1.54) is 0 Å². The van der Waals surface area contributed by atoms with Crippen molar-refractivity contribution in [3.63, 3.8) is 0 Å². The van der Waals surface area contributed by atoms with Crippen molar-refractivity contribution in [2.45, 2.75) is 45.8 Å². The van der Waals surface area contributed by atoms with Crippen LogP contribution in [-0.2, 0) is 12.7 Å². The number of carbonyl (C=O) groups is 1. The Kier molecular flexibility index (Phi) is 6.98. The zero-order valence-electron chi connectivity index (χ0n) is 19.4. The lowest BCUT2D eigenvalue weighted by molar-refractivity contribution is -0.142. The predicted molar refractivity (Wildman–Crippen MR) is 129 cm³/mol. The Morgan fingerprint density at radius 3 is 2.51 bits per heavy atom. The van der Waals surface area contributed by atoms with Gasteiger partial charge in [0.25, 0.3) is 5.91 Å². The Labute approximate surface area is 208 Å². The number of carbonyl (C=O) groups excluding carboxylic acids is 1. The quantitative estimate of drug-likeness (QED) is 0.304. The molecule has 0 fully saturated rings. The summed E-state index contributed by atoms with van der Waals surface area (Å²) in [7, 11) is 0. The van der Waals surface area contributed by atoms with Crippen molar-refractivity contribution in [2.24, 2.45) is 0 Å². The molecule has 1 N–H and O–H groups in total. The van der Waals surface area contributed by atoms with Gasteiger partial charge in [-0.05, 0) is 46.8 Å². The van der Waals surface area contributed by atoms with E-state index in [9.17, 15) is 18.0 Å². The Bertz CT molecular complexity index is 1340. The van der Waals surface area contributed by atoms with Crippen LogP contribution >= 0.6 is 15.9 Å². The van der Waals surface area contributed by atoms with Gasteiger partial charge in [-0.3, -0.25) is 9.48 Å². The van der Waals surface area contributed by atoms with Crippen molar-refractivity contribution in [3.8, 4) is 11.3 Å². The van der Waals surface area contributed by atoms with E-state index in [-0.39, 0.29) is 22.8 Å². The molecular formula is C24H24BrF3N6O. The summed E-state index contributed by atoms with van der Waals surface area (Å²) < 4.78 is 44.8. The lowest BCUT2D eigenvalue weighted by atomic mass is 10.0. The standard InChI is InChI=1S/C24H24BrF3N6O/c1-14(2)16-5-7-17(8-6-16)20-11-21(24(26,27)28)34-22(31-20)18(12-30-34)23(35)29-9-4-10-33-13-19(25)15(3)32-33/h5-8,11-14H,4,9-10H2,1-3H3,(H,29,35). The van der Waals surface area contributed by atoms with Gasteiger partial charge in [-0.1, -0.05) is 38.1 Å². The molecule has 0 aliphatic carbocycles. The number of fused-ring (bicyclic) bond motifs is 1. The smallest absolute Gasteiger partial charge is 0.352 e. The number of benzene rings is 1. The predicted octanol–water partition coefficient (Wildman–Crippen LogP) is 5.63. The van der Waals surface area contributed by atoms with E-state index in [0.717, 1.165) is 28.0 Å². The second-order valence-electron chi connectivity index (χ2n) is 8.53. The van der Waals surface area contributed by atoms with Gasteiger partial charge in [0.1, 0.15) is 5.56 Å². The fraction of sp³-hybridized carbons (Fsp3) is 0.333. The third-order valence-electron chi connectivity index (χ3n) is 5.62. The lowest BCUT2D eigenvalue weighted by Crippen LogP contribution is -2.25. The van der Waals surface area contributed by atoms with Crippen LogP contribution < -0.4 is 5.32 Å². The summed E-state index contributed by atoms with van der Waals surface area (Å²) in [5.74, 6) is -0.250. The van der Waals surface area contributed by atoms with E-state index < -0.39 is 17.8 Å². The molecule has 4 aromatic rings. The number of rotatable bonds is 7. The molecule has 3 aromatic heterocycles. The second kappa shape index (κ2) is 9.80. The first-order valence-corrected chi connectivity index (χ1v) is 11.9. The van der Waals surface area contributed by atoms with Gasteiger partial charge in [0, 0.05) is 24.8 Å². The van der Waals surface area contributed by atoms with Crippen molar-refractivity contribution in [1.29, 1.82) is 0 Å². The minimum Gasteiger partial charge on any atom is -0.352 e. The molecule has 11 heteroatoms. The van der Waals surface area contributed by atoms with Gasteiger partial charge in [0.2, 0.25) is 0 Å². The maximum absolute atomic E-state index is 13.8. The number of alkyl halides is 3. The number of nitrogens with zero attached hydrogens (tertiary/aromatic N) is 5. The summed E-state index contributed by atoms with van der Waals surface area (Å²) in [5, 5.41) is 10.9. The van der Waals surface area contributed by atoms with Crippen molar-refractivity contribution >= 4 is 27.5 Å². The lowest BCUT2D eigenvalue weighted by Gasteiger charge is -2.12. The molecule has 35 heavy (non-hydrogen) atoms. The van der Waals surface area contributed by atoms with Gasteiger partial charge in [0.05, 0.1) is 22.1 Å². The minimum absolute atomic E-state index is 0.0196. The van der Waals surface area contributed by atoms with E-state index in [4.69, 9.17) is 0 Å². The van der Waals surface area contributed by atoms with Crippen molar-refractivity contribution in [3.05, 3.63) is 69.7 Å². The summed E-state index contributed by atoms with van der Waals surface area (Å²) in [4.78, 5) is 17.2. The molecule has 184 valence electrons. The van der Waals surface area contributed by atoms with E-state index in [2.05, 4.69) is 36.4 Å². The molecule has 1 aromatic carbocycles. The van der Waals surface area contributed by atoms with E-state index in [0.29, 0.717) is 29.6 Å². The molecule has 0 aliphatic heterocycles. The third-order valence-corrected chi connectivity index (χ3v) is 6.39. The molecule has 0 bridgehead atoms. The van der Waals surface area contributed by atoms with Crippen LogP contribution in [0.5, 0.6) is 0 Å². The maximum atomic E-state index is 13.8. The summed E-state index contributed by atoms with van der Waals surface area (Å²) >= 11 is 3.40. The molecule has 3 heterocycles. The number of hydrogen-bond donors (Lipinski definition) is 1. The van der Waals surface area contributed by atoms with Crippen LogP contribution in [0, 0.1) is 6.92 Å². The Morgan fingerprint density at radius 2 is 1.91 bits per heavy atom. The van der Waals surface area contributed by atoms with Gasteiger partial charge in [-0.2, -0.15) is 23.4 Å². The van der Waals surface area contributed by atoms with Gasteiger partial charge < -0.3 is 5.32 Å². The Hall–Kier alpha value is -3.21. The number of amides is 1. The summed E-state index contributed by atoms with van der Waals surface area (Å²) in [6.07, 6.45) is -1.12. The maximum Gasteiger partial charge on any atom is 0.433 e. The van der Waals surface area contributed by atoms with Crippen molar-refractivity contribution in [1.82, 2.24) is 29.7 Å². The Morgan fingerprint density at radius 1 is 1.20 bits per heavy atom. The molecule has 0 aliphatic rings. The third kappa shape index (κ3) is 5.39. The first kappa shape index (κ1) is 24.9. The zero-order chi connectivity index (χ0) is 25.3. The highest BCUT2D eigenvalue weighted by molar-refractivity contribution is 9.10. The van der Waals surface area contributed by atoms with Gasteiger partial charge in [-0.25, -0.2) is 9.50 Å². The van der Waals surface area contributed by atoms with Crippen LogP contribution in [0.15, 0.2) is 47.2 Å². The molecule has 0 saturated heterocycles. The molecule has 0 spiro atoms. The molecule has 1 amide bonds. The second-order valence-corrected chi connectivity index (χ2v) is 9.38. The molecule has 0 radical (unpaired) electrons. The zero-order valence-corrected chi connectivity index (χ0v) is 21.0. The van der Waals surface area contributed by atoms with Crippen LogP contribution in [0.4, 0.5) is 13.2 Å². The molecule has 0 unspecified atom stereocenters. The first-order valence-electron chi connectivity index (χ1n) is 11.1. The fourth-order valence-electron chi connectivity index (χ4n) is 3.66. The normalized spacial score (nSPS) is 12.0. The summed E-state index contributed by atoms with van der Waals surface area (Å²) in [6, 6.07) is 8.15. The van der Waals surface area contributed by atoms with Gasteiger partial charge in [0.15, 0.2) is 11.3 Å². The average molecular weight is 549 g/mol. The average Bonchev–Trinajstić information content (AvgIpc) is 3.38. The van der Waals surface area contributed by atoms with E-state index in [1.807, 2.05) is 39.1 Å². The summed E-state index contributed by atoms with van der Waals surface area (Å²) in [5.41, 5.74) is 1.41. The highest BCUT2D eigenvalue weighted by Gasteiger charge is 2.36. The molecule has 7 nitrogen and oxygen atoms in total. The largest absolute Gasteiger partial charge is 0.433 e. The van der Waals surface area contributed by atoms with Gasteiger partial charge in [-0.15, -0.1) is 0 Å². The summed E-state index contributed by atoms with van der Waals surface area (Å²) in [6.45, 7) is 6.84. The number of aryl methyl sites for hydroxylation is 2. The SMILES string of the molecule is Cc1nn(CCCNC(=O)c2cnn3c(C(F)(F)F)cc(-c4ccc(C(C)C)cc4)nc23)cc1Br. The van der Waals surface area contributed by atoms with E-state index >= 15 is 0 Å². The molecule has 0 atom stereocenters. The van der Waals surface area contributed by atoms with E-state index in [1.54, 1.807) is 16.8 Å². The van der Waals surface area contributed by atoms with Crippen LogP contribution in [0.3, 0.4) is 0 Å². The van der Waals surface area contributed by atoms with Gasteiger partial charge >= 0.3 is 6.18 Å². The Balaban J connectivity index is 1.59. The fourth-order valence-corrected chi connectivity index (χ4v) is 3.97. The molecule has 4 rings (SSSR count). The monoisotopic (exact) mass is 548 g/mol. The van der Waals surface area contributed by atoms with Crippen molar-refractivity contribution < 1.29 is 18.0 Å². The van der Waals surface area contributed by atoms with Crippen LogP contribution in [0.2, 0.25) is 0 Å². The van der Waals surface area contributed by atoms with Crippen LogP contribution in [-0.4, -0.2) is 36.8 Å².